The van der Waals surface area contributed by atoms with Crippen LogP contribution in [0, 0.1) is 0 Å². The highest BCUT2D eigenvalue weighted by molar-refractivity contribution is 7.14. The molecule has 2 aromatic rings. The van der Waals surface area contributed by atoms with Gasteiger partial charge in [0.2, 0.25) is 5.43 Å². The lowest BCUT2D eigenvalue weighted by molar-refractivity contribution is 0.0506. The Morgan fingerprint density at radius 1 is 1.29 bits per heavy atom. The van der Waals surface area contributed by atoms with Crippen LogP contribution in [0.2, 0.25) is 0 Å². The highest BCUT2D eigenvalue weighted by Crippen LogP contribution is 2.34. The summed E-state index contributed by atoms with van der Waals surface area (Å²) in [6.07, 6.45) is 7.60. The van der Waals surface area contributed by atoms with Crippen molar-refractivity contribution in [2.75, 3.05) is 6.54 Å². The number of nitrogens with zero attached hydrogens (tertiary/aromatic N) is 4. The monoisotopic (exact) mass is 462 g/mol. The normalized spacial score (nSPS) is 21.1. The van der Waals surface area contributed by atoms with Gasteiger partial charge in [-0.15, -0.1) is 10.2 Å². The Hall–Kier alpha value is -2.52. The van der Waals surface area contributed by atoms with E-state index in [1.165, 1.54) is 11.3 Å². The van der Waals surface area contributed by atoms with Crippen LogP contribution in [0.25, 0.3) is 10.6 Å². The molecule has 3 aliphatic rings. The van der Waals surface area contributed by atoms with Gasteiger partial charge in [-0.3, -0.25) is 9.59 Å². The second-order valence-corrected chi connectivity index (χ2v) is 9.52. The van der Waals surface area contributed by atoms with Gasteiger partial charge in [-0.05, 0) is 37.7 Å². The van der Waals surface area contributed by atoms with Gasteiger partial charge in [0.1, 0.15) is 10.8 Å². The summed E-state index contributed by atoms with van der Waals surface area (Å²) in [7, 11) is 0. The molecule has 2 aromatic heterocycles. The van der Waals surface area contributed by atoms with Crippen LogP contribution in [-0.4, -0.2) is 43.3 Å². The van der Waals surface area contributed by atoms with Crippen LogP contribution < -0.4 is 5.43 Å². The molecule has 4 heterocycles. The molecule has 1 amide bonds. The predicted molar refractivity (Wildman–Crippen MR) is 115 cm³/mol. The lowest BCUT2D eigenvalue weighted by atomic mass is 9.98. The van der Waals surface area contributed by atoms with E-state index in [2.05, 4.69) is 10.2 Å². The Morgan fingerprint density at radius 2 is 2.13 bits per heavy atom. The second kappa shape index (κ2) is 7.87. The number of hydrogen-bond donors (Lipinski definition) is 1. The average molecular weight is 463 g/mol. The van der Waals surface area contributed by atoms with Crippen LogP contribution in [0.4, 0.5) is 4.39 Å². The first kappa shape index (κ1) is 20.4. The first-order valence-electron chi connectivity index (χ1n) is 10.3. The maximum Gasteiger partial charge on any atom is 0.274 e. The average Bonchev–Trinajstić information content (AvgIpc) is 3.22. The van der Waals surface area contributed by atoms with Crippen molar-refractivity contribution in [2.24, 2.45) is 0 Å². The molecule has 1 unspecified atom stereocenters. The Bertz CT molecular complexity index is 1200. The standard InChI is InChI=1S/C21H20ClFN4O3S/c22-14-6-3-4-11(16(14)23)8-15-24-25-20(31-15)13-10-26-9-12-5-1-2-7-27(12)21(30)17(26)19(29)18(13)28/h6,10,12,29H,1-5,7-9H2. The van der Waals surface area contributed by atoms with Gasteiger partial charge in [-0.2, -0.15) is 0 Å². The number of carbonyl (C=O) groups is 1. The SMILES string of the molecule is O=C1c2c(O)c(=O)c(-c3nnc(CC4=C(F)C(Cl)=CCC4)s3)cn2CC2CCCCN12. The van der Waals surface area contributed by atoms with E-state index in [1.807, 2.05) is 0 Å². The Kier molecular flexibility index (Phi) is 5.18. The number of rotatable bonds is 3. The molecule has 2 aliphatic heterocycles. The zero-order chi connectivity index (χ0) is 21.7. The van der Waals surface area contributed by atoms with Gasteiger partial charge in [-0.25, -0.2) is 4.39 Å². The van der Waals surface area contributed by atoms with Crippen molar-refractivity contribution in [3.8, 4) is 16.3 Å². The summed E-state index contributed by atoms with van der Waals surface area (Å²) in [4.78, 5) is 27.5. The third kappa shape index (κ3) is 3.49. The lowest BCUT2D eigenvalue weighted by Crippen LogP contribution is -2.51. The van der Waals surface area contributed by atoms with E-state index in [1.54, 1.807) is 21.7 Å². The van der Waals surface area contributed by atoms with Crippen LogP contribution >= 0.6 is 22.9 Å². The first-order valence-corrected chi connectivity index (χ1v) is 11.5. The summed E-state index contributed by atoms with van der Waals surface area (Å²) < 4.78 is 15.9. The number of amides is 1. The fourth-order valence-corrected chi connectivity index (χ4v) is 5.65. The molecule has 0 bridgehead atoms. The minimum atomic E-state index is -0.646. The van der Waals surface area contributed by atoms with Crippen LogP contribution in [0.15, 0.2) is 33.5 Å². The van der Waals surface area contributed by atoms with E-state index in [4.69, 9.17) is 11.6 Å². The van der Waals surface area contributed by atoms with Crippen molar-refractivity contribution in [1.82, 2.24) is 19.7 Å². The number of allylic oxidation sites excluding steroid dienone is 4. The quantitative estimate of drug-likeness (QED) is 0.750. The summed E-state index contributed by atoms with van der Waals surface area (Å²) in [6.45, 7) is 1.17. The smallest absolute Gasteiger partial charge is 0.274 e. The third-order valence-corrected chi connectivity index (χ3v) is 7.38. The summed E-state index contributed by atoms with van der Waals surface area (Å²) in [5.74, 6) is -1.28. The number of aromatic hydroxyl groups is 1. The first-order chi connectivity index (χ1) is 14.9. The van der Waals surface area contributed by atoms with Gasteiger partial charge >= 0.3 is 0 Å². The Balaban J connectivity index is 1.49. The van der Waals surface area contributed by atoms with E-state index in [9.17, 15) is 19.1 Å². The molecule has 1 saturated heterocycles. The molecule has 1 aliphatic carbocycles. The van der Waals surface area contributed by atoms with Crippen molar-refractivity contribution in [3.63, 3.8) is 0 Å². The topological polar surface area (TPSA) is 88.3 Å². The molecule has 162 valence electrons. The molecule has 10 heteroatoms. The fraction of sp³-hybridized carbons (Fsp3) is 0.429. The maximum atomic E-state index is 14.2. The van der Waals surface area contributed by atoms with Gasteiger partial charge in [-0.1, -0.05) is 29.0 Å². The highest BCUT2D eigenvalue weighted by Gasteiger charge is 2.37. The van der Waals surface area contributed by atoms with Crippen molar-refractivity contribution < 1.29 is 14.3 Å². The number of hydrogen-bond acceptors (Lipinski definition) is 6. The zero-order valence-corrected chi connectivity index (χ0v) is 18.2. The zero-order valence-electron chi connectivity index (χ0n) is 16.6. The minimum absolute atomic E-state index is 0.0347. The molecule has 31 heavy (non-hydrogen) atoms. The highest BCUT2D eigenvalue weighted by atomic mass is 35.5. The molecule has 1 fully saturated rings. The maximum absolute atomic E-state index is 14.2. The summed E-state index contributed by atoms with van der Waals surface area (Å²) in [5.41, 5.74) is 0.139. The van der Waals surface area contributed by atoms with Crippen molar-refractivity contribution in [3.05, 3.63) is 49.6 Å². The summed E-state index contributed by atoms with van der Waals surface area (Å²) in [6, 6.07) is 0.0625. The second-order valence-electron chi connectivity index (χ2n) is 8.06. The van der Waals surface area contributed by atoms with E-state index in [-0.39, 0.29) is 34.7 Å². The lowest BCUT2D eigenvalue weighted by Gasteiger charge is -2.40. The largest absolute Gasteiger partial charge is 0.503 e. The number of fused-ring (bicyclic) bond motifs is 2. The predicted octanol–water partition coefficient (Wildman–Crippen LogP) is 3.76. The number of halogens is 2. The van der Waals surface area contributed by atoms with Crippen molar-refractivity contribution >= 4 is 28.8 Å². The summed E-state index contributed by atoms with van der Waals surface area (Å²) >= 11 is 7.06. The Morgan fingerprint density at radius 3 is 2.97 bits per heavy atom. The Labute approximate surface area is 186 Å². The van der Waals surface area contributed by atoms with Crippen LogP contribution in [-0.2, 0) is 13.0 Å². The number of piperidine rings is 1. The van der Waals surface area contributed by atoms with Gasteiger partial charge in [0.15, 0.2) is 16.5 Å². The number of pyridine rings is 1. The van der Waals surface area contributed by atoms with Crippen LogP contribution in [0.5, 0.6) is 5.75 Å². The van der Waals surface area contributed by atoms with Crippen LogP contribution in [0.3, 0.4) is 0 Å². The molecule has 5 rings (SSSR count). The van der Waals surface area contributed by atoms with E-state index in [0.717, 1.165) is 19.3 Å². The molecule has 0 radical (unpaired) electrons. The van der Waals surface area contributed by atoms with Gasteiger partial charge in [0, 0.05) is 31.7 Å². The van der Waals surface area contributed by atoms with E-state index in [0.29, 0.717) is 41.5 Å². The van der Waals surface area contributed by atoms with E-state index < -0.39 is 17.0 Å². The van der Waals surface area contributed by atoms with Gasteiger partial charge in [0.05, 0.1) is 10.6 Å². The van der Waals surface area contributed by atoms with E-state index >= 15 is 0 Å². The molecule has 1 atom stereocenters. The minimum Gasteiger partial charge on any atom is -0.503 e. The molecule has 0 spiro atoms. The number of carbonyl (C=O) groups excluding carboxylic acids is 1. The van der Waals surface area contributed by atoms with Crippen LogP contribution in [0.1, 0.15) is 47.6 Å². The molecule has 0 aromatic carbocycles. The van der Waals surface area contributed by atoms with Gasteiger partial charge in [0.25, 0.3) is 5.91 Å². The molecular formula is C21H20ClFN4O3S. The van der Waals surface area contributed by atoms with Gasteiger partial charge < -0.3 is 14.6 Å². The molecule has 7 nitrogen and oxygen atoms in total. The van der Waals surface area contributed by atoms with Crippen molar-refractivity contribution in [2.45, 2.75) is 51.1 Å². The van der Waals surface area contributed by atoms with Crippen molar-refractivity contribution in [1.29, 1.82) is 0 Å². The molecule has 1 N–H and O–H groups in total. The number of aromatic nitrogens is 3. The third-order valence-electron chi connectivity index (χ3n) is 6.11. The molecule has 0 saturated carbocycles. The summed E-state index contributed by atoms with van der Waals surface area (Å²) in [5, 5.41) is 19.8. The fourth-order valence-electron chi connectivity index (χ4n) is 4.52. The molecular weight excluding hydrogens is 443 g/mol.